The molecule has 0 unspecified atom stereocenters. The molecule has 170 valence electrons. The number of hydrogen-bond donors (Lipinski definition) is 2. The van der Waals surface area contributed by atoms with E-state index in [9.17, 15) is 14.4 Å². The molecule has 1 heterocycles. The van der Waals surface area contributed by atoms with E-state index < -0.39 is 11.2 Å². The molecule has 1 aromatic carbocycles. The van der Waals surface area contributed by atoms with Crippen LogP contribution in [0.25, 0.3) is 0 Å². The first-order valence-corrected chi connectivity index (χ1v) is 10.8. The summed E-state index contributed by atoms with van der Waals surface area (Å²) < 4.78 is 7.10. The van der Waals surface area contributed by atoms with E-state index in [0.29, 0.717) is 31.2 Å². The van der Waals surface area contributed by atoms with Crippen molar-refractivity contribution in [1.29, 1.82) is 0 Å². The number of rotatable bonds is 10. The minimum absolute atomic E-state index is 0.00548. The molecule has 0 atom stereocenters. The van der Waals surface area contributed by atoms with Gasteiger partial charge >= 0.3 is 5.69 Å². The Morgan fingerprint density at radius 1 is 1.26 bits per heavy atom. The normalized spacial score (nSPS) is 11.0. The Hall–Kier alpha value is -3.03. The number of carbonyl (C=O) groups excluding carboxylic acids is 1. The predicted octanol–water partition coefficient (Wildman–Crippen LogP) is 2.99. The number of amides is 1. The van der Waals surface area contributed by atoms with Crippen LogP contribution < -0.4 is 26.6 Å². The largest absolute Gasteiger partial charge is 0.483 e. The van der Waals surface area contributed by atoms with Gasteiger partial charge in [0.2, 0.25) is 0 Å². The van der Waals surface area contributed by atoms with Crippen molar-refractivity contribution in [3.8, 4) is 5.75 Å². The number of nitrogens with zero attached hydrogens (tertiary/aromatic N) is 2. The molecule has 0 spiro atoms. The number of hydrogen-bond acceptors (Lipinski definition) is 5. The first-order valence-electron chi connectivity index (χ1n) is 10.8. The second-order valence-corrected chi connectivity index (χ2v) is 8.28. The molecule has 2 rings (SSSR count). The quantitative estimate of drug-likeness (QED) is 0.602. The summed E-state index contributed by atoms with van der Waals surface area (Å²) in [7, 11) is 0. The lowest BCUT2D eigenvalue weighted by molar-refractivity contribution is -0.120. The molecule has 2 aromatic rings. The average Bonchev–Trinajstić information content (AvgIpc) is 2.70. The number of anilines is 2. The number of benzene rings is 1. The predicted molar refractivity (Wildman–Crippen MR) is 124 cm³/mol. The molecule has 0 aliphatic heterocycles. The van der Waals surface area contributed by atoms with Crippen LogP contribution >= 0.6 is 0 Å². The van der Waals surface area contributed by atoms with Crippen LogP contribution in [0.15, 0.2) is 27.8 Å². The van der Waals surface area contributed by atoms with Gasteiger partial charge in [-0.1, -0.05) is 39.3 Å². The number of aryl methyl sites for hydroxylation is 2. The molecule has 0 aliphatic carbocycles. The van der Waals surface area contributed by atoms with Crippen LogP contribution in [0.3, 0.4) is 0 Å². The number of unbranched alkanes of at least 4 members (excludes halogenated alkanes) is 1. The molecule has 0 saturated carbocycles. The lowest BCUT2D eigenvalue weighted by atomic mass is 10.1. The Labute approximate surface area is 183 Å². The summed E-state index contributed by atoms with van der Waals surface area (Å²) in [6.45, 7) is 10.3. The molecule has 1 aromatic heterocycles. The zero-order valence-corrected chi connectivity index (χ0v) is 19.2. The van der Waals surface area contributed by atoms with Gasteiger partial charge in [0.05, 0.1) is 0 Å². The minimum Gasteiger partial charge on any atom is -0.483 e. The van der Waals surface area contributed by atoms with Gasteiger partial charge < -0.3 is 15.4 Å². The van der Waals surface area contributed by atoms with Gasteiger partial charge in [-0.05, 0) is 49.8 Å². The highest BCUT2D eigenvalue weighted by molar-refractivity contribution is 5.96. The lowest BCUT2D eigenvalue weighted by Crippen LogP contribution is -2.43. The third-order valence-corrected chi connectivity index (χ3v) is 5.15. The maximum absolute atomic E-state index is 13.1. The Morgan fingerprint density at radius 2 is 1.97 bits per heavy atom. The summed E-state index contributed by atoms with van der Waals surface area (Å²) in [4.78, 5) is 41.7. The maximum Gasteiger partial charge on any atom is 0.330 e. The van der Waals surface area contributed by atoms with Crippen molar-refractivity contribution in [3.63, 3.8) is 0 Å². The molecule has 0 aliphatic rings. The van der Waals surface area contributed by atoms with Gasteiger partial charge in [-0.15, -0.1) is 0 Å². The SMILES string of the molecule is CCCCn1c(N)c(N(CCC(C)C)C(=O)COc2cc(C)ccc2C)c(=O)[nH]c1=O. The lowest BCUT2D eigenvalue weighted by Gasteiger charge is -2.25. The summed E-state index contributed by atoms with van der Waals surface area (Å²) in [6, 6.07) is 5.77. The van der Waals surface area contributed by atoms with Crippen molar-refractivity contribution in [1.82, 2.24) is 9.55 Å². The highest BCUT2D eigenvalue weighted by Crippen LogP contribution is 2.21. The van der Waals surface area contributed by atoms with Crippen molar-refractivity contribution >= 4 is 17.4 Å². The number of aromatic nitrogens is 2. The van der Waals surface area contributed by atoms with Gasteiger partial charge in [-0.2, -0.15) is 0 Å². The van der Waals surface area contributed by atoms with E-state index in [-0.39, 0.29) is 24.0 Å². The average molecular weight is 431 g/mol. The standard InChI is InChI=1S/C23H34N4O4/c1-6-7-11-27-21(24)20(22(29)25-23(27)30)26(12-10-15(2)3)19(28)14-31-18-13-16(4)8-9-17(18)5/h8-9,13,15H,6-7,10-12,14,24H2,1-5H3,(H,25,29,30). The van der Waals surface area contributed by atoms with Crippen LogP contribution in [0.4, 0.5) is 11.5 Å². The fourth-order valence-corrected chi connectivity index (χ4v) is 3.21. The molecular formula is C23H34N4O4. The molecule has 0 saturated heterocycles. The van der Waals surface area contributed by atoms with Gasteiger partial charge in [0.15, 0.2) is 12.3 Å². The molecular weight excluding hydrogens is 396 g/mol. The summed E-state index contributed by atoms with van der Waals surface area (Å²) in [5, 5.41) is 0. The summed E-state index contributed by atoms with van der Waals surface area (Å²) in [5.41, 5.74) is 6.94. The maximum atomic E-state index is 13.1. The molecule has 3 N–H and O–H groups in total. The number of aromatic amines is 1. The van der Waals surface area contributed by atoms with Crippen molar-refractivity contribution < 1.29 is 9.53 Å². The van der Waals surface area contributed by atoms with Crippen LogP contribution in [0.1, 0.15) is 51.2 Å². The van der Waals surface area contributed by atoms with Crippen molar-refractivity contribution in [3.05, 3.63) is 50.2 Å². The van der Waals surface area contributed by atoms with E-state index in [0.717, 1.165) is 24.0 Å². The third-order valence-electron chi connectivity index (χ3n) is 5.15. The van der Waals surface area contributed by atoms with E-state index in [1.165, 1.54) is 9.47 Å². The fraction of sp³-hybridized carbons (Fsp3) is 0.522. The molecule has 31 heavy (non-hydrogen) atoms. The first-order chi connectivity index (χ1) is 14.6. The van der Waals surface area contributed by atoms with Crippen LogP contribution in [-0.4, -0.2) is 28.6 Å². The molecule has 0 radical (unpaired) electrons. The monoisotopic (exact) mass is 430 g/mol. The highest BCUT2D eigenvalue weighted by atomic mass is 16.5. The number of H-pyrrole nitrogens is 1. The van der Waals surface area contributed by atoms with Crippen molar-refractivity contribution in [2.24, 2.45) is 5.92 Å². The van der Waals surface area contributed by atoms with E-state index in [1.54, 1.807) is 0 Å². The Kier molecular flexibility index (Phi) is 8.47. The van der Waals surface area contributed by atoms with Crippen LogP contribution in [-0.2, 0) is 11.3 Å². The Balaban J connectivity index is 2.39. The van der Waals surface area contributed by atoms with E-state index in [2.05, 4.69) is 4.98 Å². The fourth-order valence-electron chi connectivity index (χ4n) is 3.21. The zero-order valence-electron chi connectivity index (χ0n) is 19.2. The molecule has 8 nitrogen and oxygen atoms in total. The summed E-state index contributed by atoms with van der Waals surface area (Å²) in [5.74, 6) is 0.541. The second-order valence-electron chi connectivity index (χ2n) is 8.28. The van der Waals surface area contributed by atoms with E-state index in [4.69, 9.17) is 10.5 Å². The summed E-state index contributed by atoms with van der Waals surface area (Å²) >= 11 is 0. The van der Waals surface area contributed by atoms with Crippen LogP contribution in [0.2, 0.25) is 0 Å². The third kappa shape index (κ3) is 6.23. The number of nitrogen functional groups attached to an aromatic ring is 1. The minimum atomic E-state index is -0.668. The smallest absolute Gasteiger partial charge is 0.330 e. The van der Waals surface area contributed by atoms with Crippen LogP contribution in [0, 0.1) is 19.8 Å². The topological polar surface area (TPSA) is 110 Å². The molecule has 0 bridgehead atoms. The molecule has 0 fully saturated rings. The number of ether oxygens (including phenoxy) is 1. The first kappa shape index (κ1) is 24.2. The Bertz CT molecular complexity index is 1020. The van der Waals surface area contributed by atoms with E-state index in [1.807, 2.05) is 52.8 Å². The van der Waals surface area contributed by atoms with Crippen molar-refractivity contribution in [2.45, 2.75) is 60.4 Å². The zero-order chi connectivity index (χ0) is 23.1. The molecule has 8 heteroatoms. The van der Waals surface area contributed by atoms with E-state index >= 15 is 0 Å². The number of nitrogens with two attached hydrogens (primary N) is 1. The van der Waals surface area contributed by atoms with Gasteiger partial charge in [0.25, 0.3) is 11.5 Å². The number of nitrogens with one attached hydrogen (secondary N) is 1. The van der Waals surface area contributed by atoms with Gasteiger partial charge in [-0.25, -0.2) is 4.79 Å². The molecule has 1 amide bonds. The van der Waals surface area contributed by atoms with Crippen molar-refractivity contribution in [2.75, 3.05) is 23.8 Å². The van der Waals surface area contributed by atoms with Gasteiger partial charge in [0.1, 0.15) is 11.6 Å². The number of carbonyl (C=O) groups is 1. The van der Waals surface area contributed by atoms with Gasteiger partial charge in [0, 0.05) is 13.1 Å². The van der Waals surface area contributed by atoms with Gasteiger partial charge in [-0.3, -0.25) is 19.1 Å². The summed E-state index contributed by atoms with van der Waals surface area (Å²) in [6.07, 6.45) is 2.26. The van der Waals surface area contributed by atoms with Crippen LogP contribution in [0.5, 0.6) is 5.75 Å². The highest BCUT2D eigenvalue weighted by Gasteiger charge is 2.25. The Morgan fingerprint density at radius 3 is 2.61 bits per heavy atom. The second kappa shape index (κ2) is 10.8.